The highest BCUT2D eigenvalue weighted by Gasteiger charge is 2.29. The number of carbonyl (C=O) groups is 1. The van der Waals surface area contributed by atoms with E-state index in [1.807, 2.05) is 0 Å². The molecule has 0 bridgehead atoms. The number of carbonyl (C=O) groups excluding carboxylic acids is 1. The maximum Gasteiger partial charge on any atom is 0.271 e. The van der Waals surface area contributed by atoms with Crippen LogP contribution in [0.3, 0.4) is 0 Å². The number of halogens is 2. The minimum absolute atomic E-state index is 0.0417. The van der Waals surface area contributed by atoms with Crippen LogP contribution in [-0.2, 0) is 4.79 Å². The standard InChI is InChI=1S/C10H7Cl2NO2/c11-8-5-13(10(15)9(8)12)6-2-1-3-7(14)4-6/h1-4,14H,5H2. The van der Waals surface area contributed by atoms with Crippen molar-refractivity contribution in [1.82, 2.24) is 0 Å². The fourth-order valence-electron chi connectivity index (χ4n) is 1.38. The number of amides is 1. The van der Waals surface area contributed by atoms with Crippen molar-refractivity contribution in [2.45, 2.75) is 0 Å². The Morgan fingerprint density at radius 1 is 1.33 bits per heavy atom. The predicted molar refractivity (Wildman–Crippen MR) is 59.2 cm³/mol. The summed E-state index contributed by atoms with van der Waals surface area (Å²) in [5.74, 6) is -0.244. The van der Waals surface area contributed by atoms with Crippen LogP contribution in [0.2, 0.25) is 0 Å². The Hall–Kier alpha value is -1.19. The second-order valence-corrected chi connectivity index (χ2v) is 3.96. The van der Waals surface area contributed by atoms with Crippen LogP contribution in [0.4, 0.5) is 5.69 Å². The van der Waals surface area contributed by atoms with Crippen LogP contribution in [0, 0.1) is 0 Å². The monoisotopic (exact) mass is 243 g/mol. The quantitative estimate of drug-likeness (QED) is 0.824. The van der Waals surface area contributed by atoms with E-state index in [4.69, 9.17) is 23.2 Å². The zero-order chi connectivity index (χ0) is 11.0. The van der Waals surface area contributed by atoms with Gasteiger partial charge in [0.05, 0.1) is 11.6 Å². The minimum atomic E-state index is -0.340. The number of benzene rings is 1. The maximum atomic E-state index is 11.6. The van der Waals surface area contributed by atoms with E-state index in [0.717, 1.165) is 0 Å². The molecule has 0 aliphatic carbocycles. The van der Waals surface area contributed by atoms with E-state index in [0.29, 0.717) is 10.7 Å². The molecule has 0 unspecified atom stereocenters. The third kappa shape index (κ3) is 1.80. The van der Waals surface area contributed by atoms with Crippen LogP contribution in [-0.4, -0.2) is 17.6 Å². The molecular formula is C10H7Cl2NO2. The summed E-state index contributed by atoms with van der Waals surface area (Å²) in [4.78, 5) is 13.0. The lowest BCUT2D eigenvalue weighted by atomic mass is 10.3. The molecule has 0 fully saturated rings. The first-order chi connectivity index (χ1) is 7.09. The molecular weight excluding hydrogens is 237 g/mol. The fourth-order valence-corrected chi connectivity index (χ4v) is 1.75. The number of rotatable bonds is 1. The van der Waals surface area contributed by atoms with Crippen LogP contribution < -0.4 is 4.90 Å². The molecule has 15 heavy (non-hydrogen) atoms. The Morgan fingerprint density at radius 2 is 2.07 bits per heavy atom. The smallest absolute Gasteiger partial charge is 0.271 e. The highest BCUT2D eigenvalue weighted by molar-refractivity contribution is 6.51. The zero-order valence-corrected chi connectivity index (χ0v) is 9.09. The van der Waals surface area contributed by atoms with E-state index in [1.165, 1.54) is 17.0 Å². The Kier molecular flexibility index (Phi) is 2.59. The van der Waals surface area contributed by atoms with Crippen LogP contribution in [0.15, 0.2) is 34.3 Å². The third-order valence-electron chi connectivity index (χ3n) is 2.11. The fraction of sp³-hybridized carbons (Fsp3) is 0.100. The van der Waals surface area contributed by atoms with E-state index < -0.39 is 0 Å². The minimum Gasteiger partial charge on any atom is -0.508 e. The van der Waals surface area contributed by atoms with E-state index in [9.17, 15) is 9.90 Å². The molecule has 0 radical (unpaired) electrons. The lowest BCUT2D eigenvalue weighted by Crippen LogP contribution is -2.25. The molecule has 1 aliphatic heterocycles. The molecule has 78 valence electrons. The van der Waals surface area contributed by atoms with Gasteiger partial charge in [0.2, 0.25) is 0 Å². The van der Waals surface area contributed by atoms with Gasteiger partial charge in [0.1, 0.15) is 10.8 Å². The van der Waals surface area contributed by atoms with E-state index >= 15 is 0 Å². The normalized spacial score (nSPS) is 16.4. The summed E-state index contributed by atoms with van der Waals surface area (Å²) in [6.45, 7) is 0.253. The molecule has 2 rings (SSSR count). The highest BCUT2D eigenvalue weighted by Crippen LogP contribution is 2.30. The van der Waals surface area contributed by atoms with Crippen molar-refractivity contribution in [2.24, 2.45) is 0 Å². The van der Waals surface area contributed by atoms with Gasteiger partial charge < -0.3 is 10.0 Å². The molecule has 1 aromatic rings. The molecule has 0 atom stereocenters. The molecule has 0 saturated carbocycles. The van der Waals surface area contributed by atoms with E-state index in [-0.39, 0.29) is 23.2 Å². The van der Waals surface area contributed by atoms with Gasteiger partial charge >= 0.3 is 0 Å². The van der Waals surface area contributed by atoms with Gasteiger partial charge in [0, 0.05) is 11.8 Å². The van der Waals surface area contributed by atoms with Gasteiger partial charge in [-0.15, -0.1) is 0 Å². The van der Waals surface area contributed by atoms with Crippen molar-refractivity contribution in [3.05, 3.63) is 34.3 Å². The molecule has 0 spiro atoms. The van der Waals surface area contributed by atoms with Crippen molar-refractivity contribution < 1.29 is 9.90 Å². The lowest BCUT2D eigenvalue weighted by molar-refractivity contribution is -0.114. The van der Waals surface area contributed by atoms with Crippen molar-refractivity contribution in [1.29, 1.82) is 0 Å². The molecule has 0 aromatic heterocycles. The number of hydrogen-bond acceptors (Lipinski definition) is 2. The summed E-state index contributed by atoms with van der Waals surface area (Å²) in [5, 5.41) is 9.64. The molecule has 1 aromatic carbocycles. The molecule has 0 saturated heterocycles. The summed E-state index contributed by atoms with van der Waals surface area (Å²) in [5.41, 5.74) is 0.578. The number of phenols is 1. The largest absolute Gasteiger partial charge is 0.508 e. The molecule has 5 heteroatoms. The number of aromatic hydroxyl groups is 1. The number of nitrogens with zero attached hydrogens (tertiary/aromatic N) is 1. The van der Waals surface area contributed by atoms with Crippen molar-refractivity contribution in [2.75, 3.05) is 11.4 Å². The van der Waals surface area contributed by atoms with Crippen LogP contribution in [0.5, 0.6) is 5.75 Å². The van der Waals surface area contributed by atoms with Crippen molar-refractivity contribution in [3.63, 3.8) is 0 Å². The Bertz CT molecular complexity index is 456. The number of phenolic OH excluding ortho intramolecular Hbond substituents is 1. The highest BCUT2D eigenvalue weighted by atomic mass is 35.5. The summed E-state index contributed by atoms with van der Waals surface area (Å²) in [7, 11) is 0. The second kappa shape index (κ2) is 3.76. The molecule has 1 heterocycles. The lowest BCUT2D eigenvalue weighted by Gasteiger charge is -2.15. The van der Waals surface area contributed by atoms with Crippen molar-refractivity contribution in [3.8, 4) is 5.75 Å². The van der Waals surface area contributed by atoms with Gasteiger partial charge in [-0.1, -0.05) is 29.3 Å². The van der Waals surface area contributed by atoms with E-state index in [1.54, 1.807) is 12.1 Å². The predicted octanol–water partition coefficient (Wildman–Crippen LogP) is 2.43. The average Bonchev–Trinajstić information content (AvgIpc) is 2.46. The second-order valence-electron chi connectivity index (χ2n) is 3.13. The molecule has 1 N–H and O–H groups in total. The van der Waals surface area contributed by atoms with Gasteiger partial charge in [-0.25, -0.2) is 0 Å². The van der Waals surface area contributed by atoms with Crippen molar-refractivity contribution >= 4 is 34.8 Å². The van der Waals surface area contributed by atoms with Crippen LogP contribution in [0.1, 0.15) is 0 Å². The molecule has 1 amide bonds. The van der Waals surface area contributed by atoms with Crippen LogP contribution in [0.25, 0.3) is 0 Å². The van der Waals surface area contributed by atoms with Gasteiger partial charge in [-0.3, -0.25) is 4.79 Å². The van der Waals surface area contributed by atoms with Crippen LogP contribution >= 0.6 is 23.2 Å². The van der Waals surface area contributed by atoms with Gasteiger partial charge in [-0.05, 0) is 12.1 Å². The van der Waals surface area contributed by atoms with Gasteiger partial charge in [0.15, 0.2) is 0 Å². The maximum absolute atomic E-state index is 11.6. The summed E-state index contributed by atoms with van der Waals surface area (Å²) in [6, 6.07) is 6.37. The first-order valence-corrected chi connectivity index (χ1v) is 5.00. The SMILES string of the molecule is O=C1C(Cl)=C(Cl)CN1c1cccc(O)c1. The Balaban J connectivity index is 2.33. The van der Waals surface area contributed by atoms with Gasteiger partial charge in [0.25, 0.3) is 5.91 Å². The number of hydrogen-bond donors (Lipinski definition) is 1. The Labute approximate surface area is 96.5 Å². The molecule has 1 aliphatic rings. The zero-order valence-electron chi connectivity index (χ0n) is 7.58. The Morgan fingerprint density at radius 3 is 2.60 bits per heavy atom. The average molecular weight is 244 g/mol. The first-order valence-electron chi connectivity index (χ1n) is 4.24. The topological polar surface area (TPSA) is 40.5 Å². The summed E-state index contributed by atoms with van der Waals surface area (Å²) >= 11 is 11.5. The third-order valence-corrected chi connectivity index (χ3v) is 2.90. The molecule has 3 nitrogen and oxygen atoms in total. The number of anilines is 1. The van der Waals surface area contributed by atoms with E-state index in [2.05, 4.69) is 0 Å². The summed E-state index contributed by atoms with van der Waals surface area (Å²) in [6.07, 6.45) is 0. The van der Waals surface area contributed by atoms with Gasteiger partial charge in [-0.2, -0.15) is 0 Å². The summed E-state index contributed by atoms with van der Waals surface area (Å²) < 4.78 is 0. The first kappa shape index (κ1) is 10.3.